The number of nitrogens with one attached hydrogen (secondary N) is 1. The van der Waals surface area contributed by atoms with E-state index in [0.29, 0.717) is 6.04 Å². The van der Waals surface area contributed by atoms with E-state index in [0.717, 1.165) is 63.9 Å². The molecular formula is C22H35IN6O. The molecule has 2 heterocycles. The minimum atomic E-state index is 0. The van der Waals surface area contributed by atoms with E-state index in [1.165, 1.54) is 5.56 Å². The van der Waals surface area contributed by atoms with Gasteiger partial charge in [-0.05, 0) is 33.0 Å². The fourth-order valence-corrected chi connectivity index (χ4v) is 3.58. The highest BCUT2D eigenvalue weighted by molar-refractivity contribution is 14.0. The Morgan fingerprint density at radius 1 is 1.17 bits per heavy atom. The second-order valence-corrected chi connectivity index (χ2v) is 7.76. The summed E-state index contributed by atoms with van der Waals surface area (Å²) in [5.74, 6) is 1.02. The first-order valence-corrected chi connectivity index (χ1v) is 10.5. The number of hydrogen-bond donors (Lipinski definition) is 1. The molecule has 166 valence electrons. The van der Waals surface area contributed by atoms with Crippen LogP contribution in [-0.2, 0) is 13.0 Å². The van der Waals surface area contributed by atoms with Gasteiger partial charge in [0.2, 0.25) is 0 Å². The molecule has 1 atom stereocenters. The summed E-state index contributed by atoms with van der Waals surface area (Å²) in [6, 6.07) is 13.0. The van der Waals surface area contributed by atoms with Crippen LogP contribution in [0.15, 0.2) is 52.2 Å². The molecule has 1 aliphatic heterocycles. The number of hydrogen-bond acceptors (Lipinski definition) is 5. The molecule has 8 heteroatoms. The van der Waals surface area contributed by atoms with Crippen LogP contribution in [0.1, 0.15) is 18.2 Å². The van der Waals surface area contributed by atoms with Crippen LogP contribution in [0.4, 0.5) is 0 Å². The predicted octanol–water partition coefficient (Wildman–Crippen LogP) is 2.55. The van der Waals surface area contributed by atoms with E-state index in [1.807, 2.05) is 6.07 Å². The van der Waals surface area contributed by atoms with Gasteiger partial charge >= 0.3 is 0 Å². The summed E-state index contributed by atoms with van der Waals surface area (Å²) in [5.41, 5.74) is 2.35. The maximum absolute atomic E-state index is 5.00. The fourth-order valence-electron chi connectivity index (χ4n) is 3.58. The molecule has 1 fully saturated rings. The molecule has 3 rings (SSSR count). The molecule has 1 N–H and O–H groups in total. The van der Waals surface area contributed by atoms with Crippen LogP contribution in [0, 0.1) is 0 Å². The average molecular weight is 526 g/mol. The molecule has 1 saturated heterocycles. The normalized spacial score (nSPS) is 16.4. The minimum absolute atomic E-state index is 0. The van der Waals surface area contributed by atoms with Gasteiger partial charge in [-0.1, -0.05) is 35.5 Å². The SMILES string of the molecule is CCNC(=NCC(Cc1ccccc1)N(C)C)N1CCN(Cc2ccon2)CC1.I. The lowest BCUT2D eigenvalue weighted by Crippen LogP contribution is -2.52. The molecule has 2 aromatic rings. The van der Waals surface area contributed by atoms with Gasteiger partial charge in [0.25, 0.3) is 0 Å². The summed E-state index contributed by atoms with van der Waals surface area (Å²) in [4.78, 5) is 12.1. The van der Waals surface area contributed by atoms with Crippen molar-refractivity contribution in [2.45, 2.75) is 25.9 Å². The Labute approximate surface area is 197 Å². The Morgan fingerprint density at radius 3 is 2.50 bits per heavy atom. The monoisotopic (exact) mass is 526 g/mol. The van der Waals surface area contributed by atoms with Gasteiger partial charge in [-0.25, -0.2) is 0 Å². The van der Waals surface area contributed by atoms with Crippen molar-refractivity contribution in [2.75, 3.05) is 53.4 Å². The van der Waals surface area contributed by atoms with E-state index < -0.39 is 0 Å². The zero-order valence-corrected chi connectivity index (χ0v) is 20.7. The zero-order chi connectivity index (χ0) is 20.5. The Morgan fingerprint density at radius 2 is 1.90 bits per heavy atom. The van der Waals surface area contributed by atoms with Crippen LogP contribution in [0.3, 0.4) is 0 Å². The van der Waals surface area contributed by atoms with Crippen molar-refractivity contribution in [2.24, 2.45) is 4.99 Å². The first-order valence-electron chi connectivity index (χ1n) is 10.5. The highest BCUT2D eigenvalue weighted by Gasteiger charge is 2.21. The second kappa shape index (κ2) is 12.9. The molecule has 0 amide bonds. The molecule has 1 unspecified atom stereocenters. The molecule has 0 bridgehead atoms. The van der Waals surface area contributed by atoms with Gasteiger partial charge in [0, 0.05) is 51.4 Å². The topological polar surface area (TPSA) is 60.1 Å². The quantitative estimate of drug-likeness (QED) is 0.324. The molecule has 1 aliphatic rings. The number of guanidine groups is 1. The summed E-state index contributed by atoms with van der Waals surface area (Å²) >= 11 is 0. The van der Waals surface area contributed by atoms with E-state index in [9.17, 15) is 0 Å². The van der Waals surface area contributed by atoms with Crippen LogP contribution >= 0.6 is 24.0 Å². The summed E-state index contributed by atoms with van der Waals surface area (Å²) in [5, 5.41) is 7.51. The fraction of sp³-hybridized carbons (Fsp3) is 0.545. The molecule has 1 aromatic heterocycles. The van der Waals surface area contributed by atoms with Gasteiger partial charge in [0.05, 0.1) is 12.2 Å². The summed E-state index contributed by atoms with van der Waals surface area (Å²) < 4.78 is 4.94. The van der Waals surface area contributed by atoms with Crippen molar-refractivity contribution in [1.82, 2.24) is 25.2 Å². The van der Waals surface area contributed by atoms with Crippen molar-refractivity contribution in [3.8, 4) is 0 Å². The number of rotatable bonds is 8. The molecule has 0 saturated carbocycles. The van der Waals surface area contributed by atoms with Crippen molar-refractivity contribution in [3.63, 3.8) is 0 Å². The summed E-state index contributed by atoms with van der Waals surface area (Å²) in [6.45, 7) is 8.56. The van der Waals surface area contributed by atoms with Crippen LogP contribution < -0.4 is 5.32 Å². The number of aromatic nitrogens is 1. The van der Waals surface area contributed by atoms with Crippen LogP contribution in [0.25, 0.3) is 0 Å². The van der Waals surface area contributed by atoms with E-state index in [1.54, 1.807) is 6.26 Å². The zero-order valence-electron chi connectivity index (χ0n) is 18.3. The Hall–Kier alpha value is -1.65. The lowest BCUT2D eigenvalue weighted by atomic mass is 10.1. The van der Waals surface area contributed by atoms with Gasteiger partial charge in [0.1, 0.15) is 6.26 Å². The van der Waals surface area contributed by atoms with E-state index in [2.05, 4.69) is 76.5 Å². The number of halogens is 1. The molecule has 0 aliphatic carbocycles. The highest BCUT2D eigenvalue weighted by Crippen LogP contribution is 2.10. The summed E-state index contributed by atoms with van der Waals surface area (Å²) in [6.07, 6.45) is 2.64. The highest BCUT2D eigenvalue weighted by atomic mass is 127. The van der Waals surface area contributed by atoms with Crippen molar-refractivity contribution in [1.29, 1.82) is 0 Å². The smallest absolute Gasteiger partial charge is 0.194 e. The predicted molar refractivity (Wildman–Crippen MR) is 132 cm³/mol. The molecule has 7 nitrogen and oxygen atoms in total. The van der Waals surface area contributed by atoms with Gasteiger partial charge in [-0.3, -0.25) is 9.89 Å². The van der Waals surface area contributed by atoms with E-state index in [4.69, 9.17) is 9.52 Å². The Bertz CT molecular complexity index is 729. The van der Waals surface area contributed by atoms with Crippen molar-refractivity contribution < 1.29 is 4.52 Å². The van der Waals surface area contributed by atoms with Gasteiger partial charge in [-0.2, -0.15) is 0 Å². The third-order valence-corrected chi connectivity index (χ3v) is 5.38. The number of aliphatic imine (C=N–C) groups is 1. The standard InChI is InChI=1S/C22H34N6O.HI/c1-4-23-22(24-17-21(26(2)3)16-19-8-6-5-7-9-19)28-13-11-27(12-14-28)18-20-10-15-29-25-20;/h5-10,15,21H,4,11-14,16-18H2,1-3H3,(H,23,24);1H. The number of likely N-dealkylation sites (N-methyl/N-ethyl adjacent to an activating group) is 1. The van der Waals surface area contributed by atoms with Gasteiger partial charge in [0.15, 0.2) is 5.96 Å². The first kappa shape index (κ1) is 24.6. The van der Waals surface area contributed by atoms with Gasteiger partial charge < -0.3 is 19.6 Å². The molecule has 0 spiro atoms. The van der Waals surface area contributed by atoms with Crippen molar-refractivity contribution in [3.05, 3.63) is 53.9 Å². The molecular weight excluding hydrogens is 491 g/mol. The first-order chi connectivity index (χ1) is 14.2. The minimum Gasteiger partial charge on any atom is -0.364 e. The lowest BCUT2D eigenvalue weighted by molar-refractivity contribution is 0.168. The largest absolute Gasteiger partial charge is 0.364 e. The number of piperazine rings is 1. The third-order valence-electron chi connectivity index (χ3n) is 5.38. The van der Waals surface area contributed by atoms with Crippen LogP contribution in [0.2, 0.25) is 0 Å². The second-order valence-electron chi connectivity index (χ2n) is 7.76. The van der Waals surface area contributed by atoms with Gasteiger partial charge in [-0.15, -0.1) is 24.0 Å². The molecule has 0 radical (unpaired) electrons. The Balaban J connectivity index is 0.00000320. The van der Waals surface area contributed by atoms with Crippen LogP contribution in [-0.4, -0.2) is 85.2 Å². The third kappa shape index (κ3) is 7.55. The molecule has 30 heavy (non-hydrogen) atoms. The lowest BCUT2D eigenvalue weighted by Gasteiger charge is -2.36. The summed E-state index contributed by atoms with van der Waals surface area (Å²) in [7, 11) is 4.28. The van der Waals surface area contributed by atoms with Crippen LogP contribution in [0.5, 0.6) is 0 Å². The van der Waals surface area contributed by atoms with E-state index >= 15 is 0 Å². The number of nitrogens with zero attached hydrogens (tertiary/aromatic N) is 5. The average Bonchev–Trinajstić information content (AvgIpc) is 3.24. The maximum atomic E-state index is 5.00. The Kier molecular flexibility index (Phi) is 10.6. The van der Waals surface area contributed by atoms with Crippen molar-refractivity contribution >= 4 is 29.9 Å². The van der Waals surface area contributed by atoms with E-state index in [-0.39, 0.29) is 24.0 Å². The number of benzene rings is 1. The maximum Gasteiger partial charge on any atom is 0.194 e. The molecule has 1 aromatic carbocycles.